The normalized spacial score (nSPS) is 18.3. The van der Waals surface area contributed by atoms with Crippen LogP contribution in [0.2, 0.25) is 0 Å². The van der Waals surface area contributed by atoms with Crippen molar-refractivity contribution < 1.29 is 18.9 Å². The summed E-state index contributed by atoms with van der Waals surface area (Å²) in [5.41, 5.74) is 1.91. The number of nitrogens with zero attached hydrogens (tertiary/aromatic N) is 3. The molecule has 2 aromatic heterocycles. The van der Waals surface area contributed by atoms with Crippen LogP contribution in [0.15, 0.2) is 24.3 Å². The molecule has 4 rings (SSSR count). The van der Waals surface area contributed by atoms with Crippen LogP contribution in [0.4, 0.5) is 0 Å². The molecule has 2 aliphatic heterocycles. The van der Waals surface area contributed by atoms with Crippen molar-refractivity contribution in [3.63, 3.8) is 0 Å². The first-order chi connectivity index (χ1) is 14.5. The lowest BCUT2D eigenvalue weighted by Gasteiger charge is -2.36. The molecule has 4 heterocycles. The van der Waals surface area contributed by atoms with Gasteiger partial charge in [0.15, 0.2) is 5.75 Å². The third-order valence-electron chi connectivity index (χ3n) is 5.44. The van der Waals surface area contributed by atoms with Crippen LogP contribution in [0.3, 0.4) is 0 Å². The highest BCUT2D eigenvalue weighted by atomic mass is 16.6. The molecule has 1 unspecified atom stereocenters. The highest BCUT2D eigenvalue weighted by molar-refractivity contribution is 5.36. The van der Waals surface area contributed by atoms with E-state index < -0.39 is 0 Å². The van der Waals surface area contributed by atoms with E-state index in [4.69, 9.17) is 18.9 Å². The molecule has 162 valence electrons. The molecular weight excluding hydrogens is 382 g/mol. The van der Waals surface area contributed by atoms with E-state index in [2.05, 4.69) is 21.8 Å². The van der Waals surface area contributed by atoms with Crippen molar-refractivity contribution in [2.24, 2.45) is 0 Å². The van der Waals surface area contributed by atoms with E-state index in [1.165, 1.54) is 0 Å². The van der Waals surface area contributed by atoms with Crippen molar-refractivity contribution in [3.05, 3.63) is 35.7 Å². The number of piperidine rings is 1. The average Bonchev–Trinajstić information content (AvgIpc) is 2.72. The molecule has 1 saturated heterocycles. The minimum Gasteiger partial charge on any atom is -0.490 e. The van der Waals surface area contributed by atoms with Gasteiger partial charge in [-0.15, -0.1) is 0 Å². The molecule has 0 saturated carbocycles. The quantitative estimate of drug-likeness (QED) is 0.710. The molecule has 0 aromatic carbocycles. The second kappa shape index (κ2) is 9.08. The third kappa shape index (κ3) is 4.95. The number of hydrogen-bond acceptors (Lipinski definition) is 7. The molecule has 0 bridgehead atoms. The van der Waals surface area contributed by atoms with Crippen LogP contribution in [0.25, 0.3) is 0 Å². The second-order valence-electron chi connectivity index (χ2n) is 8.21. The first-order valence-corrected chi connectivity index (χ1v) is 10.8. The monoisotopic (exact) mass is 413 g/mol. The average molecular weight is 414 g/mol. The summed E-state index contributed by atoms with van der Waals surface area (Å²) >= 11 is 0. The number of aryl methyl sites for hydroxylation is 1. The third-order valence-corrected chi connectivity index (χ3v) is 5.44. The summed E-state index contributed by atoms with van der Waals surface area (Å²) in [6.07, 6.45) is 2.22. The van der Waals surface area contributed by atoms with Crippen LogP contribution in [-0.4, -0.2) is 53.4 Å². The van der Waals surface area contributed by atoms with Crippen LogP contribution in [0.1, 0.15) is 51.0 Å². The fourth-order valence-electron chi connectivity index (χ4n) is 3.92. The number of aromatic nitrogens is 2. The molecule has 0 N–H and O–H groups in total. The lowest BCUT2D eigenvalue weighted by atomic mass is 10.0. The Hall–Kier alpha value is -2.54. The maximum atomic E-state index is 6.27. The van der Waals surface area contributed by atoms with Crippen molar-refractivity contribution in [3.8, 4) is 23.3 Å². The van der Waals surface area contributed by atoms with Gasteiger partial charge >= 0.3 is 0 Å². The van der Waals surface area contributed by atoms with E-state index >= 15 is 0 Å². The molecule has 7 heteroatoms. The smallest absolute Gasteiger partial charge is 0.257 e. The zero-order valence-corrected chi connectivity index (χ0v) is 18.3. The van der Waals surface area contributed by atoms with Crippen LogP contribution >= 0.6 is 0 Å². The molecule has 0 aliphatic carbocycles. The molecule has 30 heavy (non-hydrogen) atoms. The number of likely N-dealkylation sites (tertiary alicyclic amines) is 1. The number of ether oxygens (including phenoxy) is 4. The van der Waals surface area contributed by atoms with Gasteiger partial charge in [-0.25, -0.2) is 9.97 Å². The van der Waals surface area contributed by atoms with Gasteiger partial charge in [-0.3, -0.25) is 4.90 Å². The van der Waals surface area contributed by atoms with Gasteiger partial charge in [-0.1, -0.05) is 0 Å². The SMILES string of the molecule is Cc1cc(OC2CCN(C(C)c3ccc4c(n3)OCCO4)CC2)cc(OC(C)C)n1. The van der Waals surface area contributed by atoms with Gasteiger partial charge in [-0.2, -0.15) is 0 Å². The highest BCUT2D eigenvalue weighted by Gasteiger charge is 2.26. The molecule has 0 amide bonds. The fraction of sp³-hybridized carbons (Fsp3) is 0.565. The van der Waals surface area contributed by atoms with Gasteiger partial charge in [0.05, 0.1) is 11.8 Å². The summed E-state index contributed by atoms with van der Waals surface area (Å²) < 4.78 is 23.2. The van der Waals surface area contributed by atoms with Crippen molar-refractivity contribution in [2.75, 3.05) is 26.3 Å². The summed E-state index contributed by atoms with van der Waals surface area (Å²) in [5.74, 6) is 2.79. The fourth-order valence-corrected chi connectivity index (χ4v) is 3.92. The Morgan fingerprint density at radius 1 is 1.03 bits per heavy atom. The van der Waals surface area contributed by atoms with Gasteiger partial charge in [0.1, 0.15) is 25.1 Å². The predicted octanol–water partition coefficient (Wildman–Crippen LogP) is 3.95. The Labute approximate surface area is 178 Å². The van der Waals surface area contributed by atoms with Crippen LogP contribution in [-0.2, 0) is 0 Å². The van der Waals surface area contributed by atoms with Crippen LogP contribution < -0.4 is 18.9 Å². The summed E-state index contributed by atoms with van der Waals surface area (Å²) in [4.78, 5) is 11.6. The van der Waals surface area contributed by atoms with Crippen molar-refractivity contribution in [1.82, 2.24) is 14.9 Å². The molecule has 7 nitrogen and oxygen atoms in total. The predicted molar refractivity (Wildman–Crippen MR) is 114 cm³/mol. The Bertz CT molecular complexity index is 866. The van der Waals surface area contributed by atoms with Crippen molar-refractivity contribution in [1.29, 1.82) is 0 Å². The molecule has 2 aromatic rings. The minimum atomic E-state index is 0.0889. The number of rotatable bonds is 6. The summed E-state index contributed by atoms with van der Waals surface area (Å²) in [6.45, 7) is 11.2. The largest absolute Gasteiger partial charge is 0.490 e. The second-order valence-corrected chi connectivity index (χ2v) is 8.21. The van der Waals surface area contributed by atoms with E-state index in [0.717, 1.165) is 48.8 Å². The number of hydrogen-bond donors (Lipinski definition) is 0. The highest BCUT2D eigenvalue weighted by Crippen LogP contribution is 2.32. The van der Waals surface area contributed by atoms with Crippen LogP contribution in [0, 0.1) is 6.92 Å². The number of pyridine rings is 2. The van der Waals surface area contributed by atoms with Gasteiger partial charge in [0.2, 0.25) is 5.88 Å². The zero-order valence-electron chi connectivity index (χ0n) is 18.3. The van der Waals surface area contributed by atoms with E-state index in [1.807, 2.05) is 45.0 Å². The van der Waals surface area contributed by atoms with E-state index in [0.29, 0.717) is 25.0 Å². The Morgan fingerprint density at radius 3 is 2.57 bits per heavy atom. The first kappa shape index (κ1) is 20.7. The molecular formula is C23H31N3O4. The standard InChI is InChI=1S/C23H31N3O4/c1-15(2)29-22-14-19(13-16(3)24-22)30-18-7-9-26(10-8-18)17(4)20-5-6-21-23(25-20)28-12-11-27-21/h5-6,13-15,17-18H,7-12H2,1-4H3. The lowest BCUT2D eigenvalue weighted by molar-refractivity contribution is 0.0776. The topological polar surface area (TPSA) is 65.9 Å². The van der Waals surface area contributed by atoms with Crippen LogP contribution in [0.5, 0.6) is 23.3 Å². The summed E-state index contributed by atoms with van der Waals surface area (Å²) in [6, 6.07) is 8.08. The Balaban J connectivity index is 1.34. The van der Waals surface area contributed by atoms with Crippen molar-refractivity contribution in [2.45, 2.75) is 58.8 Å². The Kier molecular flexibility index (Phi) is 6.27. The van der Waals surface area contributed by atoms with Gasteiger partial charge < -0.3 is 18.9 Å². The summed E-state index contributed by atoms with van der Waals surface area (Å²) in [5, 5.41) is 0. The number of fused-ring (bicyclic) bond motifs is 1. The maximum absolute atomic E-state index is 6.27. The molecule has 2 aliphatic rings. The minimum absolute atomic E-state index is 0.0889. The first-order valence-electron chi connectivity index (χ1n) is 10.8. The Morgan fingerprint density at radius 2 is 1.80 bits per heavy atom. The van der Waals surface area contributed by atoms with Gasteiger partial charge in [0, 0.05) is 37.0 Å². The van der Waals surface area contributed by atoms with Gasteiger partial charge in [-0.05, 0) is 52.7 Å². The van der Waals surface area contributed by atoms with Gasteiger partial charge in [0.25, 0.3) is 5.88 Å². The molecule has 1 fully saturated rings. The van der Waals surface area contributed by atoms with E-state index in [-0.39, 0.29) is 18.2 Å². The lowest BCUT2D eigenvalue weighted by Crippen LogP contribution is -2.39. The molecule has 1 atom stereocenters. The van der Waals surface area contributed by atoms with E-state index in [1.54, 1.807) is 0 Å². The van der Waals surface area contributed by atoms with Crippen molar-refractivity contribution >= 4 is 0 Å². The summed E-state index contributed by atoms with van der Waals surface area (Å²) in [7, 11) is 0. The molecule has 0 spiro atoms. The maximum Gasteiger partial charge on any atom is 0.257 e. The molecule has 0 radical (unpaired) electrons. The zero-order chi connectivity index (χ0) is 21.1. The van der Waals surface area contributed by atoms with E-state index in [9.17, 15) is 0 Å².